The molecule has 112 valence electrons. The number of nitrogens with one attached hydrogen (secondary N) is 1. The molecule has 0 unspecified atom stereocenters. The van der Waals surface area contributed by atoms with Crippen LogP contribution in [0.4, 0.5) is 5.69 Å². The number of hydrogen-bond donors (Lipinski definition) is 0. The van der Waals surface area contributed by atoms with Crippen molar-refractivity contribution >= 4 is 28.2 Å². The zero-order valence-electron chi connectivity index (χ0n) is 13.4. The molecule has 2 nitrogen and oxygen atoms in total. The maximum atomic E-state index is 4.89. The number of nitrogens with zero attached hydrogens (tertiary/aromatic N) is 1. The van der Waals surface area contributed by atoms with Crippen LogP contribution in [0.3, 0.4) is 0 Å². The van der Waals surface area contributed by atoms with E-state index in [1.807, 2.05) is 12.4 Å². The topological polar surface area (TPSA) is 26.5 Å². The second kappa shape index (κ2) is 5.17. The van der Waals surface area contributed by atoms with Gasteiger partial charge >= 0.3 is 0 Å². The molecule has 0 spiro atoms. The maximum absolute atomic E-state index is 4.89. The fraction of sp³-hybridized carbons (Fsp3) is 0.143. The van der Waals surface area contributed by atoms with E-state index in [4.69, 9.17) is 4.99 Å². The van der Waals surface area contributed by atoms with Crippen molar-refractivity contribution in [1.29, 1.82) is 0 Å². The predicted molar refractivity (Wildman–Crippen MR) is 96.1 cm³/mol. The lowest BCUT2D eigenvalue weighted by atomic mass is 9.79. The van der Waals surface area contributed by atoms with Gasteiger partial charge < -0.3 is 0 Å². The highest BCUT2D eigenvalue weighted by Crippen LogP contribution is 2.44. The van der Waals surface area contributed by atoms with Crippen molar-refractivity contribution in [3.8, 4) is 0 Å². The van der Waals surface area contributed by atoms with Gasteiger partial charge in [0, 0.05) is 17.5 Å². The van der Waals surface area contributed by atoms with Crippen LogP contribution in [0.15, 0.2) is 72.0 Å². The molecule has 1 aromatic heterocycles. The molecule has 0 saturated heterocycles. The molecule has 0 saturated carbocycles. The average Bonchev–Trinajstić information content (AvgIpc) is 2.85. The fourth-order valence-corrected chi connectivity index (χ4v) is 3.34. The van der Waals surface area contributed by atoms with Crippen molar-refractivity contribution < 1.29 is 4.98 Å². The molecule has 1 aliphatic rings. The lowest BCUT2D eigenvalue weighted by Crippen LogP contribution is -2.24. The number of hydrogen-bond acceptors (Lipinski definition) is 1. The molecule has 0 radical (unpaired) electrons. The Morgan fingerprint density at radius 2 is 1.70 bits per heavy atom. The molecule has 3 aromatic rings. The Morgan fingerprint density at radius 1 is 0.913 bits per heavy atom. The Hall–Kier alpha value is -2.74. The number of aromatic amines is 1. The molecule has 23 heavy (non-hydrogen) atoms. The monoisotopic (exact) mass is 299 g/mol. The molecule has 0 bridgehead atoms. The van der Waals surface area contributed by atoms with Crippen LogP contribution >= 0.6 is 0 Å². The van der Waals surface area contributed by atoms with Crippen LogP contribution in [-0.4, -0.2) is 5.71 Å². The van der Waals surface area contributed by atoms with E-state index >= 15 is 0 Å². The number of benzene rings is 2. The number of aromatic nitrogens is 1. The third-order valence-corrected chi connectivity index (χ3v) is 4.59. The van der Waals surface area contributed by atoms with Gasteiger partial charge in [-0.3, -0.25) is 4.99 Å². The Kier molecular flexibility index (Phi) is 3.12. The first-order valence-electron chi connectivity index (χ1n) is 7.92. The summed E-state index contributed by atoms with van der Waals surface area (Å²) in [4.78, 5) is 7.94. The summed E-state index contributed by atoms with van der Waals surface area (Å²) in [5.41, 5.74) is 4.61. The van der Waals surface area contributed by atoms with Gasteiger partial charge in [-0.1, -0.05) is 50.3 Å². The van der Waals surface area contributed by atoms with Crippen LogP contribution in [0.2, 0.25) is 0 Å². The van der Waals surface area contributed by atoms with E-state index in [1.54, 1.807) is 0 Å². The smallest absolute Gasteiger partial charge is 0.167 e. The van der Waals surface area contributed by atoms with Crippen molar-refractivity contribution in [2.75, 3.05) is 0 Å². The van der Waals surface area contributed by atoms with Crippen molar-refractivity contribution in [2.24, 2.45) is 4.99 Å². The van der Waals surface area contributed by atoms with E-state index in [-0.39, 0.29) is 5.41 Å². The summed E-state index contributed by atoms with van der Waals surface area (Å²) in [7, 11) is 0. The molecule has 1 N–H and O–H groups in total. The van der Waals surface area contributed by atoms with Gasteiger partial charge in [0.1, 0.15) is 0 Å². The number of H-pyrrole nitrogens is 1. The molecule has 0 atom stereocenters. The van der Waals surface area contributed by atoms with E-state index in [2.05, 4.69) is 79.5 Å². The van der Waals surface area contributed by atoms with Gasteiger partial charge in [-0.25, -0.2) is 4.98 Å². The summed E-state index contributed by atoms with van der Waals surface area (Å²) in [5, 5.41) is 2.58. The van der Waals surface area contributed by atoms with Crippen molar-refractivity contribution in [1.82, 2.24) is 0 Å². The highest BCUT2D eigenvalue weighted by atomic mass is 14.8. The summed E-state index contributed by atoms with van der Waals surface area (Å²) in [6.07, 6.45) is 8.14. The number of rotatable bonds is 2. The minimum absolute atomic E-state index is 0.0897. The molecular formula is C21H19N2+. The second-order valence-corrected chi connectivity index (χ2v) is 6.47. The summed E-state index contributed by atoms with van der Waals surface area (Å²) in [6.45, 7) is 4.51. The Bertz CT molecular complexity index is 934. The van der Waals surface area contributed by atoms with Crippen molar-refractivity contribution in [2.45, 2.75) is 19.3 Å². The van der Waals surface area contributed by atoms with Crippen LogP contribution in [0.5, 0.6) is 0 Å². The Morgan fingerprint density at radius 3 is 2.52 bits per heavy atom. The molecule has 0 fully saturated rings. The number of aliphatic imine (C=N–C) groups is 1. The van der Waals surface area contributed by atoms with Gasteiger partial charge in [-0.05, 0) is 34.0 Å². The molecule has 2 heterocycles. The minimum Gasteiger partial charge on any atom is -0.252 e. The lowest BCUT2D eigenvalue weighted by Gasteiger charge is -2.22. The average molecular weight is 299 g/mol. The van der Waals surface area contributed by atoms with Gasteiger partial charge in [0.15, 0.2) is 12.4 Å². The van der Waals surface area contributed by atoms with Gasteiger partial charge in [-0.2, -0.15) is 0 Å². The first-order chi connectivity index (χ1) is 11.2. The third-order valence-electron chi connectivity index (χ3n) is 4.59. The van der Waals surface area contributed by atoms with E-state index in [0.717, 1.165) is 11.4 Å². The first-order valence-corrected chi connectivity index (χ1v) is 7.92. The Balaban J connectivity index is 1.80. The largest absolute Gasteiger partial charge is 0.252 e. The molecule has 1 aliphatic heterocycles. The van der Waals surface area contributed by atoms with Crippen LogP contribution in [-0.2, 0) is 5.41 Å². The number of pyridine rings is 1. The zero-order valence-corrected chi connectivity index (χ0v) is 13.4. The molecular weight excluding hydrogens is 280 g/mol. The number of fused-ring (bicyclic) bond motifs is 3. The summed E-state index contributed by atoms with van der Waals surface area (Å²) >= 11 is 0. The predicted octanol–water partition coefficient (Wildman–Crippen LogP) is 4.73. The minimum atomic E-state index is -0.0897. The second-order valence-electron chi connectivity index (χ2n) is 6.47. The van der Waals surface area contributed by atoms with Gasteiger partial charge in [0.05, 0.1) is 11.4 Å². The molecule has 0 amide bonds. The van der Waals surface area contributed by atoms with Gasteiger partial charge in [0.25, 0.3) is 0 Å². The normalized spacial score (nSPS) is 15.8. The SMILES string of the molecule is CC1(C)C(/C=C/c2cc[nH+]cc2)=Nc2ccc3ccccc3c21. The van der Waals surface area contributed by atoms with Crippen LogP contribution in [0, 0.1) is 0 Å². The van der Waals surface area contributed by atoms with Crippen LogP contribution in [0.25, 0.3) is 16.8 Å². The molecule has 4 rings (SSSR count). The molecule has 2 heteroatoms. The third kappa shape index (κ3) is 2.27. The fourth-order valence-electron chi connectivity index (χ4n) is 3.34. The highest BCUT2D eigenvalue weighted by Gasteiger charge is 2.34. The van der Waals surface area contributed by atoms with Crippen LogP contribution in [0.1, 0.15) is 25.0 Å². The van der Waals surface area contributed by atoms with Gasteiger partial charge in [0.2, 0.25) is 0 Å². The summed E-state index contributed by atoms with van der Waals surface area (Å²) in [5.74, 6) is 0. The molecule has 0 aliphatic carbocycles. The van der Waals surface area contributed by atoms with E-state index in [9.17, 15) is 0 Å². The van der Waals surface area contributed by atoms with E-state index in [0.29, 0.717) is 0 Å². The van der Waals surface area contributed by atoms with Crippen molar-refractivity contribution in [3.05, 3.63) is 78.1 Å². The highest BCUT2D eigenvalue weighted by molar-refractivity contribution is 6.13. The standard InChI is InChI=1S/C21H18N2/c1-21(2)19(10-7-15-11-13-22-14-12-15)23-18-9-8-16-5-3-4-6-17(16)20(18)21/h3-14H,1-2H3/p+1/b10-7+. The summed E-state index contributed by atoms with van der Waals surface area (Å²) < 4.78 is 0. The maximum Gasteiger partial charge on any atom is 0.167 e. The first kappa shape index (κ1) is 13.9. The Labute approximate surface area is 136 Å². The number of allylic oxidation sites excluding steroid dienone is 1. The van der Waals surface area contributed by atoms with Crippen LogP contribution < -0.4 is 4.98 Å². The lowest BCUT2D eigenvalue weighted by molar-refractivity contribution is -0.378. The summed E-state index contributed by atoms with van der Waals surface area (Å²) in [6, 6.07) is 17.0. The van der Waals surface area contributed by atoms with E-state index in [1.165, 1.54) is 21.9 Å². The zero-order chi connectivity index (χ0) is 15.9. The van der Waals surface area contributed by atoms with E-state index < -0.39 is 0 Å². The van der Waals surface area contributed by atoms with Crippen molar-refractivity contribution in [3.63, 3.8) is 0 Å². The molecule has 2 aromatic carbocycles. The van der Waals surface area contributed by atoms with Gasteiger partial charge in [-0.15, -0.1) is 0 Å². The quantitative estimate of drug-likeness (QED) is 0.654.